The van der Waals surface area contributed by atoms with E-state index in [0.717, 1.165) is 11.4 Å². The molecule has 1 aliphatic rings. The minimum absolute atomic E-state index is 0.00641. The van der Waals surface area contributed by atoms with Crippen molar-refractivity contribution in [2.45, 2.75) is 19.4 Å². The molecule has 1 atom stereocenters. The predicted octanol–water partition coefficient (Wildman–Crippen LogP) is 0.828. The largest absolute Gasteiger partial charge is 0.375 e. The van der Waals surface area contributed by atoms with E-state index in [9.17, 15) is 9.59 Å². The van der Waals surface area contributed by atoms with Crippen molar-refractivity contribution in [3.8, 4) is 0 Å². The van der Waals surface area contributed by atoms with Gasteiger partial charge in [-0.05, 0) is 12.1 Å². The topological polar surface area (TPSA) is 101 Å². The molecule has 0 bridgehead atoms. The number of hydrogen-bond acceptors (Lipinski definition) is 6. The van der Waals surface area contributed by atoms with Crippen molar-refractivity contribution in [3.63, 3.8) is 0 Å². The first-order chi connectivity index (χ1) is 11.6. The number of pyridine rings is 1. The third-order valence-corrected chi connectivity index (χ3v) is 4.64. The summed E-state index contributed by atoms with van der Waals surface area (Å²) >= 11 is 1.39. The van der Waals surface area contributed by atoms with Crippen LogP contribution in [0.15, 0.2) is 29.8 Å². The molecule has 3 N–H and O–H groups in total. The van der Waals surface area contributed by atoms with Crippen LogP contribution in [0.1, 0.15) is 17.8 Å². The number of nitrogen functional groups attached to an aromatic ring is 1. The second-order valence-electron chi connectivity index (χ2n) is 5.71. The van der Waals surface area contributed by atoms with Gasteiger partial charge in [0.15, 0.2) is 5.13 Å². The van der Waals surface area contributed by atoms with Crippen molar-refractivity contribution in [1.29, 1.82) is 0 Å². The lowest BCUT2D eigenvalue weighted by Crippen LogP contribution is -2.34. The first-order valence-electron chi connectivity index (χ1n) is 7.77. The van der Waals surface area contributed by atoms with E-state index in [0.29, 0.717) is 31.2 Å². The molecule has 2 aromatic rings. The molecule has 2 aromatic heterocycles. The molecule has 3 heterocycles. The molecule has 24 heavy (non-hydrogen) atoms. The molecule has 0 spiro atoms. The fourth-order valence-electron chi connectivity index (χ4n) is 2.68. The number of nitrogens with one attached hydrogen (secondary N) is 1. The Labute approximate surface area is 143 Å². The molecule has 1 saturated heterocycles. The molecule has 1 unspecified atom stereocenters. The fraction of sp³-hybridized carbons (Fsp3) is 0.375. The smallest absolute Gasteiger partial charge is 0.225 e. The van der Waals surface area contributed by atoms with Gasteiger partial charge in [-0.2, -0.15) is 0 Å². The molecule has 0 aromatic carbocycles. The van der Waals surface area contributed by atoms with Crippen molar-refractivity contribution in [1.82, 2.24) is 20.2 Å². The molecule has 1 aliphatic heterocycles. The van der Waals surface area contributed by atoms with Gasteiger partial charge in [0.05, 0.1) is 23.9 Å². The Morgan fingerprint density at radius 3 is 3.00 bits per heavy atom. The summed E-state index contributed by atoms with van der Waals surface area (Å²) in [6.07, 6.45) is 2.59. The van der Waals surface area contributed by atoms with Gasteiger partial charge in [0, 0.05) is 37.5 Å². The molecule has 8 heteroatoms. The van der Waals surface area contributed by atoms with Gasteiger partial charge < -0.3 is 16.0 Å². The summed E-state index contributed by atoms with van der Waals surface area (Å²) in [5, 5.41) is 5.29. The summed E-state index contributed by atoms with van der Waals surface area (Å²) in [4.78, 5) is 34.4. The van der Waals surface area contributed by atoms with Gasteiger partial charge in [-0.3, -0.25) is 14.6 Å². The number of carbonyl (C=O) groups is 2. The van der Waals surface area contributed by atoms with Crippen LogP contribution >= 0.6 is 11.3 Å². The zero-order valence-electron chi connectivity index (χ0n) is 13.1. The van der Waals surface area contributed by atoms with E-state index in [1.54, 1.807) is 11.1 Å². The monoisotopic (exact) mass is 345 g/mol. The molecule has 0 aliphatic carbocycles. The second-order valence-corrected chi connectivity index (χ2v) is 6.60. The van der Waals surface area contributed by atoms with Crippen LogP contribution in [-0.2, 0) is 22.6 Å². The number of amides is 2. The number of nitrogens with zero attached hydrogens (tertiary/aromatic N) is 3. The average molecular weight is 345 g/mol. The molecule has 0 saturated carbocycles. The van der Waals surface area contributed by atoms with Crippen LogP contribution in [0.3, 0.4) is 0 Å². The van der Waals surface area contributed by atoms with Gasteiger partial charge in [-0.25, -0.2) is 4.98 Å². The maximum atomic E-state index is 12.2. The third kappa shape index (κ3) is 4.08. The van der Waals surface area contributed by atoms with E-state index < -0.39 is 0 Å². The molecular weight excluding hydrogens is 326 g/mol. The lowest BCUT2D eigenvalue weighted by Gasteiger charge is -2.16. The maximum Gasteiger partial charge on any atom is 0.225 e. The highest BCUT2D eigenvalue weighted by atomic mass is 32.1. The lowest BCUT2D eigenvalue weighted by atomic mass is 10.1. The predicted molar refractivity (Wildman–Crippen MR) is 91.0 cm³/mol. The highest BCUT2D eigenvalue weighted by molar-refractivity contribution is 7.13. The van der Waals surface area contributed by atoms with Crippen LogP contribution in [0.25, 0.3) is 0 Å². The quantitative estimate of drug-likeness (QED) is 0.807. The van der Waals surface area contributed by atoms with Crippen LogP contribution in [-0.4, -0.2) is 39.8 Å². The molecule has 3 rings (SSSR count). The van der Waals surface area contributed by atoms with Crippen molar-refractivity contribution in [2.75, 3.05) is 18.8 Å². The van der Waals surface area contributed by atoms with Crippen molar-refractivity contribution in [2.24, 2.45) is 5.92 Å². The minimum atomic E-state index is -0.304. The molecular formula is C16H19N5O2S. The SMILES string of the molecule is Nc1nc(CCNC(=O)C2CC(=O)N(Cc3ccccn3)C2)cs1. The molecule has 7 nitrogen and oxygen atoms in total. The Balaban J connectivity index is 1.47. The summed E-state index contributed by atoms with van der Waals surface area (Å²) in [6.45, 7) is 1.37. The number of rotatable bonds is 6. The normalized spacial score (nSPS) is 17.2. The Bertz CT molecular complexity index is 718. The number of carbonyl (C=O) groups excluding carboxylic acids is 2. The summed E-state index contributed by atoms with van der Waals surface area (Å²) < 4.78 is 0. The third-order valence-electron chi connectivity index (χ3n) is 3.91. The highest BCUT2D eigenvalue weighted by Gasteiger charge is 2.34. The van der Waals surface area contributed by atoms with Gasteiger partial charge in [0.1, 0.15) is 0 Å². The number of likely N-dealkylation sites (tertiary alicyclic amines) is 1. The van der Waals surface area contributed by atoms with E-state index in [2.05, 4.69) is 15.3 Å². The fourth-order valence-corrected chi connectivity index (χ4v) is 3.28. The number of thiazole rings is 1. The van der Waals surface area contributed by atoms with Crippen LogP contribution in [0.4, 0.5) is 5.13 Å². The van der Waals surface area contributed by atoms with E-state index in [1.807, 2.05) is 23.6 Å². The van der Waals surface area contributed by atoms with Crippen LogP contribution < -0.4 is 11.1 Å². The second kappa shape index (κ2) is 7.39. The van der Waals surface area contributed by atoms with Gasteiger partial charge in [0.25, 0.3) is 0 Å². The van der Waals surface area contributed by atoms with Gasteiger partial charge >= 0.3 is 0 Å². The van der Waals surface area contributed by atoms with Crippen molar-refractivity contribution in [3.05, 3.63) is 41.2 Å². The number of hydrogen-bond donors (Lipinski definition) is 2. The Kier molecular flexibility index (Phi) is 5.05. The summed E-state index contributed by atoms with van der Waals surface area (Å²) in [7, 11) is 0. The van der Waals surface area contributed by atoms with Gasteiger partial charge in [-0.1, -0.05) is 6.07 Å². The lowest BCUT2D eigenvalue weighted by molar-refractivity contribution is -0.129. The Morgan fingerprint density at radius 1 is 1.42 bits per heavy atom. The molecule has 126 valence electrons. The first-order valence-corrected chi connectivity index (χ1v) is 8.65. The van der Waals surface area contributed by atoms with E-state index >= 15 is 0 Å². The number of anilines is 1. The van der Waals surface area contributed by atoms with Crippen molar-refractivity contribution >= 4 is 28.3 Å². The zero-order valence-corrected chi connectivity index (χ0v) is 14.0. The zero-order chi connectivity index (χ0) is 16.9. The average Bonchev–Trinajstić information content (AvgIpc) is 3.15. The van der Waals surface area contributed by atoms with Crippen LogP contribution in [0, 0.1) is 5.92 Å². The standard InChI is InChI=1S/C16H19N5O2S/c17-16-20-13(10-24-16)4-6-19-15(23)11-7-14(22)21(8-11)9-12-3-1-2-5-18-12/h1-3,5,10-11H,4,6-9H2,(H2,17,20)(H,19,23). The summed E-state index contributed by atoms with van der Waals surface area (Å²) in [6, 6.07) is 5.60. The van der Waals surface area contributed by atoms with Crippen LogP contribution in [0.2, 0.25) is 0 Å². The van der Waals surface area contributed by atoms with Crippen LogP contribution in [0.5, 0.6) is 0 Å². The summed E-state index contributed by atoms with van der Waals surface area (Å²) in [5.41, 5.74) is 7.27. The highest BCUT2D eigenvalue weighted by Crippen LogP contribution is 2.20. The first kappa shape index (κ1) is 16.4. The van der Waals surface area contributed by atoms with Gasteiger partial charge in [-0.15, -0.1) is 11.3 Å². The molecule has 2 amide bonds. The van der Waals surface area contributed by atoms with Crippen molar-refractivity contribution < 1.29 is 9.59 Å². The van der Waals surface area contributed by atoms with E-state index in [4.69, 9.17) is 5.73 Å². The molecule has 0 radical (unpaired) electrons. The maximum absolute atomic E-state index is 12.2. The summed E-state index contributed by atoms with van der Waals surface area (Å²) in [5.74, 6) is -0.398. The van der Waals surface area contributed by atoms with Gasteiger partial charge in [0.2, 0.25) is 11.8 Å². The Hall–Kier alpha value is -2.48. The number of nitrogens with two attached hydrogens (primary N) is 1. The minimum Gasteiger partial charge on any atom is -0.375 e. The number of aromatic nitrogens is 2. The Morgan fingerprint density at radius 2 is 2.29 bits per heavy atom. The van der Waals surface area contributed by atoms with E-state index in [1.165, 1.54) is 11.3 Å². The molecule has 1 fully saturated rings. The van der Waals surface area contributed by atoms with E-state index in [-0.39, 0.29) is 24.2 Å².